The molecule has 0 aliphatic carbocycles. The Labute approximate surface area is 236 Å². The highest BCUT2D eigenvalue weighted by molar-refractivity contribution is 7.13. The Kier molecular flexibility index (Phi) is 10.7. The lowest BCUT2D eigenvalue weighted by Crippen LogP contribution is -2.40. The van der Waals surface area contributed by atoms with Gasteiger partial charge in [0.15, 0.2) is 5.13 Å². The average Bonchev–Trinajstić information content (AvgIpc) is 3.32. The molecule has 2 N–H and O–H groups in total. The normalized spacial score (nSPS) is 11.2. The van der Waals surface area contributed by atoms with Crippen LogP contribution in [-0.4, -0.2) is 54.4 Å². The molecule has 0 spiro atoms. The highest BCUT2D eigenvalue weighted by atomic mass is 35.5. The Morgan fingerprint density at radius 2 is 1.85 bits per heavy atom. The summed E-state index contributed by atoms with van der Waals surface area (Å²) in [6, 6.07) is 9.07. The van der Waals surface area contributed by atoms with Crippen molar-refractivity contribution < 1.29 is 32.3 Å². The summed E-state index contributed by atoms with van der Waals surface area (Å²) in [5.74, 6) is -1.42. The van der Waals surface area contributed by atoms with E-state index in [-0.39, 0.29) is 48.4 Å². The fourth-order valence-electron chi connectivity index (χ4n) is 3.33. The zero-order valence-electron chi connectivity index (χ0n) is 20.5. The Bertz CT molecular complexity index is 1340. The van der Waals surface area contributed by atoms with Gasteiger partial charge in [-0.25, -0.2) is 4.98 Å². The summed E-state index contributed by atoms with van der Waals surface area (Å²) in [5.41, 5.74) is 0.118. The maximum atomic E-state index is 12.9. The van der Waals surface area contributed by atoms with Gasteiger partial charge in [0, 0.05) is 31.1 Å². The molecule has 14 heteroatoms. The minimum Gasteiger partial charge on any atom is -0.383 e. The molecule has 3 rings (SSSR count). The molecule has 2 aromatic carbocycles. The van der Waals surface area contributed by atoms with E-state index in [1.807, 2.05) is 0 Å². The van der Waals surface area contributed by atoms with Crippen LogP contribution >= 0.6 is 34.5 Å². The summed E-state index contributed by atoms with van der Waals surface area (Å²) in [4.78, 5) is 43.3. The fourth-order valence-corrected chi connectivity index (χ4v) is 4.35. The number of nitrogens with zero attached hydrogens (tertiary/aromatic N) is 2. The smallest absolute Gasteiger partial charge is 0.383 e. The topological polar surface area (TPSA) is 101 Å². The van der Waals surface area contributed by atoms with Crippen LogP contribution in [0.5, 0.6) is 0 Å². The molecular weight excluding hydrogens is 580 g/mol. The lowest BCUT2D eigenvalue weighted by molar-refractivity contribution is -0.137. The molecule has 0 unspecified atom stereocenters. The molecule has 0 radical (unpaired) electrons. The number of methoxy groups -OCH3 is 1. The Morgan fingerprint density at radius 3 is 2.54 bits per heavy atom. The standard InChI is InChI=1S/C25H23Cl2F3N4O4S/c1-38-8-7-34(23(37)16-5-6-19(26)20(27)10-16)13-22(36)33-24-32-18(14-39-24)11-21(35)31-12-15-3-2-4-17(9-15)25(28,29)30/h2-6,9-10,14H,7-8,11-13H2,1H3,(H,31,35)(H,32,33,36). The molecule has 0 aliphatic rings. The van der Waals surface area contributed by atoms with Gasteiger partial charge in [-0.15, -0.1) is 11.3 Å². The average molecular weight is 603 g/mol. The van der Waals surface area contributed by atoms with Gasteiger partial charge in [0.2, 0.25) is 11.8 Å². The molecule has 0 atom stereocenters. The van der Waals surface area contributed by atoms with Crippen molar-refractivity contribution in [1.82, 2.24) is 15.2 Å². The van der Waals surface area contributed by atoms with Crippen LogP contribution in [0.25, 0.3) is 0 Å². The van der Waals surface area contributed by atoms with Gasteiger partial charge < -0.3 is 20.3 Å². The number of aromatic nitrogens is 1. The zero-order chi connectivity index (χ0) is 28.6. The number of amides is 3. The van der Waals surface area contributed by atoms with Crippen LogP contribution in [0.15, 0.2) is 47.8 Å². The van der Waals surface area contributed by atoms with Crippen LogP contribution in [0, 0.1) is 0 Å². The Balaban J connectivity index is 1.54. The number of carbonyl (C=O) groups is 3. The van der Waals surface area contributed by atoms with Crippen LogP contribution < -0.4 is 10.6 Å². The van der Waals surface area contributed by atoms with Crippen LogP contribution in [-0.2, 0) is 33.5 Å². The lowest BCUT2D eigenvalue weighted by atomic mass is 10.1. The quantitative estimate of drug-likeness (QED) is 0.320. The third-order valence-electron chi connectivity index (χ3n) is 5.24. The lowest BCUT2D eigenvalue weighted by Gasteiger charge is -2.22. The van der Waals surface area contributed by atoms with Crippen molar-refractivity contribution in [1.29, 1.82) is 0 Å². The SMILES string of the molecule is COCCN(CC(=O)Nc1nc(CC(=O)NCc2cccc(C(F)(F)F)c2)cs1)C(=O)c1ccc(Cl)c(Cl)c1. The van der Waals surface area contributed by atoms with E-state index in [4.69, 9.17) is 27.9 Å². The maximum absolute atomic E-state index is 12.9. The minimum atomic E-state index is -4.47. The molecule has 0 saturated carbocycles. The van der Waals surface area contributed by atoms with Crippen molar-refractivity contribution in [3.63, 3.8) is 0 Å². The van der Waals surface area contributed by atoms with Gasteiger partial charge in [0.05, 0.1) is 34.3 Å². The van der Waals surface area contributed by atoms with E-state index in [1.54, 1.807) is 5.38 Å². The summed E-state index contributed by atoms with van der Waals surface area (Å²) < 4.78 is 43.6. The highest BCUT2D eigenvalue weighted by Crippen LogP contribution is 2.29. The van der Waals surface area contributed by atoms with E-state index in [1.165, 1.54) is 42.3 Å². The molecule has 0 bridgehead atoms. The number of nitrogens with one attached hydrogen (secondary N) is 2. The van der Waals surface area contributed by atoms with E-state index >= 15 is 0 Å². The van der Waals surface area contributed by atoms with Crippen molar-refractivity contribution >= 4 is 57.4 Å². The predicted molar refractivity (Wildman–Crippen MR) is 142 cm³/mol. The number of anilines is 1. The van der Waals surface area contributed by atoms with E-state index in [0.717, 1.165) is 23.5 Å². The molecule has 0 saturated heterocycles. The molecule has 1 aromatic heterocycles. The highest BCUT2D eigenvalue weighted by Gasteiger charge is 2.30. The summed E-state index contributed by atoms with van der Waals surface area (Å²) in [6.07, 6.45) is -4.61. The number of alkyl halides is 3. The number of rotatable bonds is 11. The van der Waals surface area contributed by atoms with E-state index < -0.39 is 29.5 Å². The number of benzene rings is 2. The number of hydrogen-bond acceptors (Lipinski definition) is 6. The number of carbonyl (C=O) groups excluding carboxylic acids is 3. The number of halogens is 5. The van der Waals surface area contributed by atoms with Crippen molar-refractivity contribution in [2.75, 3.05) is 32.1 Å². The van der Waals surface area contributed by atoms with Crippen molar-refractivity contribution in [3.05, 3.63) is 80.3 Å². The van der Waals surface area contributed by atoms with Gasteiger partial charge in [-0.1, -0.05) is 35.3 Å². The van der Waals surface area contributed by atoms with Crippen LogP contribution in [0.3, 0.4) is 0 Å². The largest absolute Gasteiger partial charge is 0.416 e. The van der Waals surface area contributed by atoms with Gasteiger partial charge in [-0.3, -0.25) is 14.4 Å². The first-order valence-corrected chi connectivity index (χ1v) is 13.0. The van der Waals surface area contributed by atoms with Crippen LogP contribution in [0.4, 0.5) is 18.3 Å². The van der Waals surface area contributed by atoms with E-state index in [9.17, 15) is 27.6 Å². The molecule has 39 heavy (non-hydrogen) atoms. The Morgan fingerprint density at radius 1 is 1.08 bits per heavy atom. The first kappa shape index (κ1) is 30.4. The summed E-state index contributed by atoms with van der Waals surface area (Å²) >= 11 is 13.0. The predicted octanol–water partition coefficient (Wildman–Crippen LogP) is 5.05. The second-order valence-electron chi connectivity index (χ2n) is 8.19. The second kappa shape index (κ2) is 13.7. The molecule has 3 aromatic rings. The molecule has 8 nitrogen and oxygen atoms in total. The molecule has 0 aliphatic heterocycles. The van der Waals surface area contributed by atoms with Gasteiger partial charge in [0.25, 0.3) is 5.91 Å². The molecule has 208 valence electrons. The molecule has 0 fully saturated rings. The van der Waals surface area contributed by atoms with E-state index in [2.05, 4.69) is 15.6 Å². The van der Waals surface area contributed by atoms with Crippen LogP contribution in [0.1, 0.15) is 27.2 Å². The second-order valence-corrected chi connectivity index (χ2v) is 9.86. The van der Waals surface area contributed by atoms with Crippen molar-refractivity contribution in [2.24, 2.45) is 0 Å². The van der Waals surface area contributed by atoms with Gasteiger partial charge >= 0.3 is 6.18 Å². The number of thiazole rings is 1. The third kappa shape index (κ3) is 9.20. The monoisotopic (exact) mass is 602 g/mol. The van der Waals surface area contributed by atoms with E-state index in [0.29, 0.717) is 16.3 Å². The Hall–Kier alpha value is -3.19. The van der Waals surface area contributed by atoms with Gasteiger partial charge in [-0.2, -0.15) is 13.2 Å². The summed E-state index contributed by atoms with van der Waals surface area (Å²) in [6.45, 7) is -0.0506. The number of hydrogen-bond donors (Lipinski definition) is 2. The summed E-state index contributed by atoms with van der Waals surface area (Å²) in [5, 5.41) is 7.43. The summed E-state index contributed by atoms with van der Waals surface area (Å²) in [7, 11) is 1.47. The first-order chi connectivity index (χ1) is 18.5. The van der Waals surface area contributed by atoms with Gasteiger partial charge in [0.1, 0.15) is 6.54 Å². The molecular formula is C25H23Cl2F3N4O4S. The van der Waals surface area contributed by atoms with Crippen LogP contribution in [0.2, 0.25) is 10.0 Å². The third-order valence-corrected chi connectivity index (χ3v) is 6.78. The molecule has 3 amide bonds. The maximum Gasteiger partial charge on any atom is 0.416 e. The molecule has 1 heterocycles. The minimum absolute atomic E-state index is 0.0827. The first-order valence-electron chi connectivity index (χ1n) is 11.4. The van der Waals surface area contributed by atoms with Gasteiger partial charge in [-0.05, 0) is 35.9 Å². The fraction of sp³-hybridized carbons (Fsp3) is 0.280. The van der Waals surface area contributed by atoms with Crippen molar-refractivity contribution in [3.8, 4) is 0 Å². The number of ether oxygens (including phenoxy) is 1. The van der Waals surface area contributed by atoms with Crippen molar-refractivity contribution in [2.45, 2.75) is 19.1 Å². The zero-order valence-corrected chi connectivity index (χ0v) is 22.8.